The van der Waals surface area contributed by atoms with Crippen molar-refractivity contribution in [3.05, 3.63) is 28.2 Å². The topological polar surface area (TPSA) is 43.6 Å². The minimum Gasteiger partial charge on any atom is -0.381 e. The molecule has 5 heteroatoms. The number of aromatic nitrogens is 1. The Morgan fingerprint density at radius 1 is 1.47 bits per heavy atom. The Balaban J connectivity index is 1.95. The van der Waals surface area contributed by atoms with Gasteiger partial charge in [0.25, 0.3) is 5.56 Å². The highest BCUT2D eigenvalue weighted by atomic mass is 32.1. The third kappa shape index (κ3) is 2.84. The molecule has 1 unspecified atom stereocenters. The zero-order valence-electron chi connectivity index (χ0n) is 10.7. The third-order valence-electron chi connectivity index (χ3n) is 3.78. The zero-order valence-corrected chi connectivity index (χ0v) is 11.5. The molecule has 3 rings (SSSR count). The zero-order chi connectivity index (χ0) is 13.2. The van der Waals surface area contributed by atoms with Crippen molar-refractivity contribution in [2.24, 2.45) is 10.9 Å². The third-order valence-corrected chi connectivity index (χ3v) is 3.87. The smallest absolute Gasteiger partial charge is 0.277 e. The van der Waals surface area contributed by atoms with Crippen LogP contribution in [-0.4, -0.2) is 22.9 Å². The quantitative estimate of drug-likeness (QED) is 0.627. The fourth-order valence-electron chi connectivity index (χ4n) is 2.55. The van der Waals surface area contributed by atoms with E-state index in [2.05, 4.69) is 22.4 Å². The summed E-state index contributed by atoms with van der Waals surface area (Å²) in [4.78, 5) is 16.2. The molecular weight excluding hydrogens is 260 g/mol. The molecule has 1 aromatic rings. The molecule has 0 radical (unpaired) electrons. The van der Waals surface area contributed by atoms with E-state index < -0.39 is 0 Å². The maximum absolute atomic E-state index is 12.3. The Hall–Kier alpha value is -1.29. The lowest BCUT2D eigenvalue weighted by molar-refractivity contribution is 0.182. The van der Waals surface area contributed by atoms with Gasteiger partial charge in [-0.15, -0.1) is 0 Å². The molecule has 2 heterocycles. The highest BCUT2D eigenvalue weighted by Gasteiger charge is 2.26. The molecule has 1 saturated carbocycles. The molecule has 0 N–H and O–H groups in total. The van der Waals surface area contributed by atoms with Gasteiger partial charge < -0.3 is 9.30 Å². The number of hydrogen-bond donors (Lipinski definition) is 0. The predicted molar refractivity (Wildman–Crippen MR) is 76.3 cm³/mol. The molecule has 1 aliphatic carbocycles. The molecule has 1 aromatic heterocycles. The Morgan fingerprint density at radius 2 is 2.32 bits per heavy atom. The van der Waals surface area contributed by atoms with Crippen LogP contribution in [0.3, 0.4) is 0 Å². The first-order chi connectivity index (χ1) is 9.28. The highest BCUT2D eigenvalue weighted by molar-refractivity contribution is 7.78. The van der Waals surface area contributed by atoms with Crippen molar-refractivity contribution in [3.63, 3.8) is 0 Å². The number of pyridine rings is 1. The molecule has 19 heavy (non-hydrogen) atoms. The van der Waals surface area contributed by atoms with Crippen molar-refractivity contribution in [1.29, 1.82) is 0 Å². The Morgan fingerprint density at radius 3 is 2.95 bits per heavy atom. The van der Waals surface area contributed by atoms with E-state index in [1.54, 1.807) is 4.57 Å². The van der Waals surface area contributed by atoms with Crippen LogP contribution in [0.2, 0.25) is 0 Å². The van der Waals surface area contributed by atoms with Crippen molar-refractivity contribution in [1.82, 2.24) is 4.57 Å². The fraction of sp³-hybridized carbons (Fsp3) is 0.571. The first-order valence-corrected chi connectivity index (χ1v) is 7.09. The van der Waals surface area contributed by atoms with Gasteiger partial charge in [0.1, 0.15) is 5.69 Å². The minimum absolute atomic E-state index is 0.0753. The highest BCUT2D eigenvalue weighted by Crippen LogP contribution is 2.40. The predicted octanol–water partition coefficient (Wildman–Crippen LogP) is 2.50. The normalized spacial score (nSPS) is 22.2. The van der Waals surface area contributed by atoms with Gasteiger partial charge in [0, 0.05) is 25.3 Å². The Kier molecular flexibility index (Phi) is 3.60. The summed E-state index contributed by atoms with van der Waals surface area (Å²) in [5, 5.41) is 2.30. The Bertz CT molecular complexity index is 580. The van der Waals surface area contributed by atoms with Crippen molar-refractivity contribution in [2.45, 2.75) is 31.7 Å². The van der Waals surface area contributed by atoms with Crippen LogP contribution in [0, 0.1) is 5.92 Å². The summed E-state index contributed by atoms with van der Waals surface area (Å²) in [6.45, 7) is 2.25. The largest absolute Gasteiger partial charge is 0.381 e. The lowest BCUT2D eigenvalue weighted by Gasteiger charge is -2.12. The van der Waals surface area contributed by atoms with E-state index in [9.17, 15) is 4.79 Å². The number of nitrogens with zero attached hydrogens (tertiary/aromatic N) is 2. The number of aliphatic imine (C=N–C) groups is 1. The summed E-state index contributed by atoms with van der Waals surface area (Å²) < 4.78 is 7.15. The summed E-state index contributed by atoms with van der Waals surface area (Å²) in [6, 6.07) is 1.86. The standard InChI is InChI=1S/C14H16N2O2S/c17-14-13(15-9-19)5-12(11-1-2-11)7-16(14)6-10-3-4-18-8-10/h5,7,10-11H,1-4,6,8H2. The molecule has 4 nitrogen and oxygen atoms in total. The monoisotopic (exact) mass is 276 g/mol. The van der Waals surface area contributed by atoms with Crippen molar-refractivity contribution in [3.8, 4) is 0 Å². The van der Waals surface area contributed by atoms with Crippen LogP contribution in [0.4, 0.5) is 5.69 Å². The fourth-order valence-corrected chi connectivity index (χ4v) is 2.65. The molecule has 1 aliphatic heterocycles. The summed E-state index contributed by atoms with van der Waals surface area (Å²) in [5.74, 6) is 1.02. The van der Waals surface area contributed by atoms with Crippen LogP contribution >= 0.6 is 12.2 Å². The van der Waals surface area contributed by atoms with E-state index in [1.807, 2.05) is 12.3 Å². The van der Waals surface area contributed by atoms with Gasteiger partial charge in [-0.3, -0.25) is 4.79 Å². The number of thiocarbonyl (C=S) groups is 1. The molecule has 0 aromatic carbocycles. The lowest BCUT2D eigenvalue weighted by Crippen LogP contribution is -2.24. The van der Waals surface area contributed by atoms with Crippen LogP contribution in [-0.2, 0) is 11.3 Å². The second-order valence-corrected chi connectivity index (χ2v) is 5.51. The molecule has 0 bridgehead atoms. The summed E-state index contributed by atoms with van der Waals surface area (Å²) in [7, 11) is 0. The molecule has 100 valence electrons. The van der Waals surface area contributed by atoms with E-state index in [0.29, 0.717) is 24.1 Å². The van der Waals surface area contributed by atoms with E-state index >= 15 is 0 Å². The van der Waals surface area contributed by atoms with E-state index in [0.717, 1.165) is 19.6 Å². The van der Waals surface area contributed by atoms with Crippen molar-refractivity contribution >= 4 is 23.1 Å². The second kappa shape index (κ2) is 5.37. The van der Waals surface area contributed by atoms with Crippen LogP contribution < -0.4 is 5.56 Å². The first kappa shape index (κ1) is 12.7. The van der Waals surface area contributed by atoms with Gasteiger partial charge >= 0.3 is 0 Å². The molecule has 2 aliphatic rings. The molecule has 0 amide bonds. The van der Waals surface area contributed by atoms with E-state index in [-0.39, 0.29) is 5.56 Å². The number of hydrogen-bond acceptors (Lipinski definition) is 4. The molecular formula is C14H16N2O2S. The van der Waals surface area contributed by atoms with Gasteiger partial charge in [-0.2, -0.15) is 4.99 Å². The summed E-state index contributed by atoms with van der Waals surface area (Å²) in [6.07, 6.45) is 5.41. The van der Waals surface area contributed by atoms with Gasteiger partial charge in [0.05, 0.1) is 11.8 Å². The number of rotatable bonds is 4. The molecule has 1 atom stereocenters. The summed E-state index contributed by atoms with van der Waals surface area (Å²) >= 11 is 4.62. The minimum atomic E-state index is -0.0753. The average molecular weight is 276 g/mol. The van der Waals surface area contributed by atoms with Gasteiger partial charge in [0.2, 0.25) is 0 Å². The van der Waals surface area contributed by atoms with Crippen LogP contribution in [0.15, 0.2) is 22.1 Å². The number of ether oxygens (including phenoxy) is 1. The van der Waals surface area contributed by atoms with E-state index in [4.69, 9.17) is 4.74 Å². The van der Waals surface area contributed by atoms with Crippen LogP contribution in [0.25, 0.3) is 0 Å². The summed E-state index contributed by atoms with van der Waals surface area (Å²) in [5.41, 5.74) is 1.54. The van der Waals surface area contributed by atoms with Gasteiger partial charge in [-0.25, -0.2) is 0 Å². The van der Waals surface area contributed by atoms with Crippen molar-refractivity contribution < 1.29 is 4.74 Å². The molecule has 1 saturated heterocycles. The molecule has 0 spiro atoms. The van der Waals surface area contributed by atoms with Gasteiger partial charge in [-0.05, 0) is 49.0 Å². The molecule has 2 fully saturated rings. The van der Waals surface area contributed by atoms with Gasteiger partial charge in [0.15, 0.2) is 0 Å². The van der Waals surface area contributed by atoms with E-state index in [1.165, 1.54) is 18.4 Å². The first-order valence-electron chi connectivity index (χ1n) is 6.68. The van der Waals surface area contributed by atoms with Crippen molar-refractivity contribution in [2.75, 3.05) is 13.2 Å². The van der Waals surface area contributed by atoms with Crippen LogP contribution in [0.5, 0.6) is 0 Å². The SMILES string of the molecule is O=c1c(N=C=S)cc(C2CC2)cn1CC1CCOC1. The lowest BCUT2D eigenvalue weighted by atomic mass is 10.1. The van der Waals surface area contributed by atoms with Gasteiger partial charge in [-0.1, -0.05) is 0 Å². The van der Waals surface area contributed by atoms with Crippen LogP contribution in [0.1, 0.15) is 30.7 Å². The average Bonchev–Trinajstić information content (AvgIpc) is 3.13. The maximum Gasteiger partial charge on any atom is 0.277 e. The maximum atomic E-state index is 12.3. The second-order valence-electron chi connectivity index (χ2n) is 5.32. The Labute approximate surface area is 117 Å². The number of isothiocyanates is 1.